The van der Waals surface area contributed by atoms with Crippen LogP contribution in [0, 0.1) is 0 Å². The van der Waals surface area contributed by atoms with Crippen LogP contribution in [0.15, 0.2) is 35.2 Å². The first-order valence-electron chi connectivity index (χ1n) is 4.32. The first-order valence-corrected chi connectivity index (χ1v) is 5.76. The number of benzene rings is 2. The van der Waals surface area contributed by atoms with Crippen LogP contribution in [-0.2, 0) is 10.1 Å². The summed E-state index contributed by atoms with van der Waals surface area (Å²) in [5.74, 6) is -1.34. The standard InChI is InChI=1S/C10H8O5S/c11-8-5-6-3-1-2-4-7(6)9(12)10(8)16(13,14)15/h1-5,11-12H,(H,13,14,15). The van der Waals surface area contributed by atoms with Crippen LogP contribution in [0.25, 0.3) is 10.8 Å². The number of aromatic hydroxyl groups is 2. The number of hydrogen-bond donors (Lipinski definition) is 3. The van der Waals surface area contributed by atoms with Gasteiger partial charge in [0.25, 0.3) is 0 Å². The molecule has 84 valence electrons. The Morgan fingerprint density at radius 1 is 1.06 bits per heavy atom. The predicted molar refractivity (Wildman–Crippen MR) is 57.1 cm³/mol. The Kier molecular flexibility index (Phi) is 2.25. The summed E-state index contributed by atoms with van der Waals surface area (Å²) in [5, 5.41) is 19.8. The quantitative estimate of drug-likeness (QED) is 0.656. The van der Waals surface area contributed by atoms with Crippen LogP contribution in [0.5, 0.6) is 11.5 Å². The third-order valence-corrected chi connectivity index (χ3v) is 3.13. The second-order valence-electron chi connectivity index (χ2n) is 3.27. The molecule has 0 atom stereocenters. The van der Waals surface area contributed by atoms with Crippen molar-refractivity contribution in [2.24, 2.45) is 0 Å². The first kappa shape index (κ1) is 10.7. The van der Waals surface area contributed by atoms with E-state index >= 15 is 0 Å². The molecule has 2 aromatic rings. The molecule has 0 aliphatic rings. The average Bonchev–Trinajstić information content (AvgIpc) is 2.15. The van der Waals surface area contributed by atoms with E-state index in [1.54, 1.807) is 18.2 Å². The Bertz CT molecular complexity index is 660. The van der Waals surface area contributed by atoms with E-state index < -0.39 is 26.5 Å². The molecule has 16 heavy (non-hydrogen) atoms. The first-order chi connectivity index (χ1) is 7.41. The molecule has 0 aliphatic carbocycles. The molecule has 2 rings (SSSR count). The summed E-state index contributed by atoms with van der Waals surface area (Å²) in [6.45, 7) is 0. The number of phenolic OH excluding ortho intramolecular Hbond substituents is 2. The van der Waals surface area contributed by atoms with Gasteiger partial charge in [-0.1, -0.05) is 24.3 Å². The maximum absolute atomic E-state index is 11.0. The van der Waals surface area contributed by atoms with E-state index in [2.05, 4.69) is 0 Å². The molecule has 0 unspecified atom stereocenters. The highest BCUT2D eigenvalue weighted by atomic mass is 32.2. The van der Waals surface area contributed by atoms with Gasteiger partial charge < -0.3 is 10.2 Å². The van der Waals surface area contributed by atoms with Crippen molar-refractivity contribution in [3.05, 3.63) is 30.3 Å². The number of rotatable bonds is 1. The van der Waals surface area contributed by atoms with Crippen molar-refractivity contribution in [2.75, 3.05) is 0 Å². The lowest BCUT2D eigenvalue weighted by Gasteiger charge is -2.07. The molecule has 0 aromatic heterocycles. The van der Waals surface area contributed by atoms with Crippen molar-refractivity contribution in [3.8, 4) is 11.5 Å². The minimum absolute atomic E-state index is 0.243. The fourth-order valence-corrected chi connectivity index (χ4v) is 2.23. The fourth-order valence-electron chi connectivity index (χ4n) is 1.55. The monoisotopic (exact) mass is 240 g/mol. The molecule has 0 fully saturated rings. The van der Waals surface area contributed by atoms with Crippen molar-refractivity contribution in [1.82, 2.24) is 0 Å². The van der Waals surface area contributed by atoms with Crippen molar-refractivity contribution in [2.45, 2.75) is 4.90 Å². The Balaban J connectivity index is 2.98. The van der Waals surface area contributed by atoms with E-state index in [9.17, 15) is 18.6 Å². The molecule has 0 radical (unpaired) electrons. The highest BCUT2D eigenvalue weighted by Gasteiger charge is 2.22. The maximum atomic E-state index is 11.0. The Morgan fingerprint density at radius 3 is 2.31 bits per heavy atom. The van der Waals surface area contributed by atoms with Crippen LogP contribution in [0.1, 0.15) is 0 Å². The summed E-state index contributed by atoms with van der Waals surface area (Å²) in [6, 6.07) is 7.53. The van der Waals surface area contributed by atoms with Crippen molar-refractivity contribution < 1.29 is 23.2 Å². The smallest absolute Gasteiger partial charge is 0.301 e. The predicted octanol–water partition coefficient (Wildman–Crippen LogP) is 1.50. The van der Waals surface area contributed by atoms with Crippen LogP contribution in [0.2, 0.25) is 0 Å². The Hall–Kier alpha value is -1.79. The lowest BCUT2D eigenvalue weighted by atomic mass is 10.1. The third kappa shape index (κ3) is 1.58. The van der Waals surface area contributed by atoms with E-state index in [4.69, 9.17) is 4.55 Å². The average molecular weight is 240 g/mol. The van der Waals surface area contributed by atoms with Gasteiger partial charge in [-0.05, 0) is 11.5 Å². The molecule has 5 nitrogen and oxygen atoms in total. The molecule has 0 heterocycles. The number of fused-ring (bicyclic) bond motifs is 1. The highest BCUT2D eigenvalue weighted by molar-refractivity contribution is 7.86. The van der Waals surface area contributed by atoms with Crippen LogP contribution in [-0.4, -0.2) is 23.2 Å². The van der Waals surface area contributed by atoms with Crippen LogP contribution < -0.4 is 0 Å². The Labute approximate surface area is 91.3 Å². The van der Waals surface area contributed by atoms with Crippen LogP contribution in [0.3, 0.4) is 0 Å². The lowest BCUT2D eigenvalue weighted by Crippen LogP contribution is -1.99. The normalized spacial score (nSPS) is 11.8. The molecule has 2 aromatic carbocycles. The molecule has 0 saturated heterocycles. The highest BCUT2D eigenvalue weighted by Crippen LogP contribution is 2.38. The van der Waals surface area contributed by atoms with Gasteiger partial charge in [-0.2, -0.15) is 8.42 Å². The van der Waals surface area contributed by atoms with Gasteiger partial charge in [-0.15, -0.1) is 0 Å². The van der Waals surface area contributed by atoms with E-state index in [1.165, 1.54) is 6.07 Å². The van der Waals surface area contributed by atoms with Gasteiger partial charge in [0.05, 0.1) is 0 Å². The Morgan fingerprint density at radius 2 is 1.69 bits per heavy atom. The molecule has 0 spiro atoms. The van der Waals surface area contributed by atoms with Gasteiger partial charge in [0.2, 0.25) is 0 Å². The second kappa shape index (κ2) is 3.36. The van der Waals surface area contributed by atoms with Gasteiger partial charge in [-0.25, -0.2) is 0 Å². The van der Waals surface area contributed by atoms with Crippen LogP contribution >= 0.6 is 0 Å². The van der Waals surface area contributed by atoms with Gasteiger partial charge in [0, 0.05) is 5.39 Å². The van der Waals surface area contributed by atoms with Crippen molar-refractivity contribution in [3.63, 3.8) is 0 Å². The fraction of sp³-hybridized carbons (Fsp3) is 0. The molecule has 3 N–H and O–H groups in total. The minimum Gasteiger partial charge on any atom is -0.506 e. The summed E-state index contributed by atoms with van der Waals surface area (Å²) in [6.07, 6.45) is 0. The zero-order chi connectivity index (χ0) is 11.9. The molecule has 0 saturated carbocycles. The largest absolute Gasteiger partial charge is 0.506 e. The minimum atomic E-state index is -4.66. The summed E-state index contributed by atoms with van der Waals surface area (Å²) < 4.78 is 30.8. The van der Waals surface area contributed by atoms with Gasteiger partial charge >= 0.3 is 10.1 Å². The van der Waals surface area contributed by atoms with Gasteiger partial charge in [0.1, 0.15) is 11.5 Å². The van der Waals surface area contributed by atoms with E-state index in [1.807, 2.05) is 0 Å². The summed E-state index contributed by atoms with van der Waals surface area (Å²) in [7, 11) is -4.66. The molecule has 0 bridgehead atoms. The van der Waals surface area contributed by atoms with Crippen molar-refractivity contribution >= 4 is 20.9 Å². The summed E-state index contributed by atoms with van der Waals surface area (Å²) in [4.78, 5) is -0.869. The summed E-state index contributed by atoms with van der Waals surface area (Å²) in [5.41, 5.74) is 0. The third-order valence-electron chi connectivity index (χ3n) is 2.21. The number of hydrogen-bond acceptors (Lipinski definition) is 4. The molecule has 0 aliphatic heterocycles. The zero-order valence-corrected chi connectivity index (χ0v) is 8.77. The van der Waals surface area contributed by atoms with E-state index in [0.29, 0.717) is 5.39 Å². The lowest BCUT2D eigenvalue weighted by molar-refractivity contribution is 0.415. The van der Waals surface area contributed by atoms with Crippen molar-refractivity contribution in [1.29, 1.82) is 0 Å². The van der Waals surface area contributed by atoms with Gasteiger partial charge in [-0.3, -0.25) is 4.55 Å². The molecule has 0 amide bonds. The SMILES string of the molecule is O=S(=O)(O)c1c(O)cc2ccccc2c1O. The topological polar surface area (TPSA) is 94.8 Å². The maximum Gasteiger partial charge on any atom is 0.301 e. The summed E-state index contributed by atoms with van der Waals surface area (Å²) >= 11 is 0. The molecular weight excluding hydrogens is 232 g/mol. The van der Waals surface area contributed by atoms with Crippen LogP contribution in [0.4, 0.5) is 0 Å². The zero-order valence-electron chi connectivity index (χ0n) is 7.95. The number of phenols is 2. The second-order valence-corrected chi connectivity index (χ2v) is 4.63. The van der Waals surface area contributed by atoms with E-state index in [-0.39, 0.29) is 5.39 Å². The van der Waals surface area contributed by atoms with E-state index in [0.717, 1.165) is 6.07 Å². The van der Waals surface area contributed by atoms with Gasteiger partial charge in [0.15, 0.2) is 4.90 Å². The molecule has 6 heteroatoms. The molecular formula is C10H8O5S.